The van der Waals surface area contributed by atoms with Crippen LogP contribution >= 0.6 is 0 Å². The number of amides is 1. The maximum absolute atomic E-state index is 13.3. The molecule has 3 aromatic carbocycles. The minimum atomic E-state index is -0.346. The first kappa shape index (κ1) is 21.6. The average Bonchev–Trinajstić information content (AvgIpc) is 3.22. The van der Waals surface area contributed by atoms with Gasteiger partial charge in [0.2, 0.25) is 5.91 Å². The number of hydrogen-bond donors (Lipinski definition) is 1. The van der Waals surface area contributed by atoms with Gasteiger partial charge in [-0.2, -0.15) is 5.10 Å². The van der Waals surface area contributed by atoms with Gasteiger partial charge >= 0.3 is 0 Å². The second kappa shape index (κ2) is 9.64. The maximum Gasteiger partial charge on any atom is 0.220 e. The first-order valence-corrected chi connectivity index (χ1v) is 10.8. The lowest BCUT2D eigenvalue weighted by molar-refractivity contribution is -0.122. The van der Waals surface area contributed by atoms with Crippen molar-refractivity contribution < 1.29 is 13.9 Å². The van der Waals surface area contributed by atoms with E-state index < -0.39 is 0 Å². The Hall–Kier alpha value is -3.67. The van der Waals surface area contributed by atoms with Gasteiger partial charge in [-0.1, -0.05) is 37.3 Å². The van der Waals surface area contributed by atoms with E-state index in [-0.39, 0.29) is 23.9 Å². The largest absolute Gasteiger partial charge is 0.484 e. The molecule has 0 spiro atoms. The van der Waals surface area contributed by atoms with Gasteiger partial charge in [-0.15, -0.1) is 0 Å². The molecular weight excluding hydrogens is 405 g/mol. The number of ether oxygens (including phenoxy) is 1. The van der Waals surface area contributed by atoms with Crippen molar-refractivity contribution in [2.24, 2.45) is 0 Å². The number of fused-ring (bicyclic) bond motifs is 1. The lowest BCUT2D eigenvalue weighted by Gasteiger charge is -2.26. The minimum absolute atomic E-state index is 0.0144. The highest BCUT2D eigenvalue weighted by Crippen LogP contribution is 2.29. The van der Waals surface area contributed by atoms with E-state index in [2.05, 4.69) is 10.4 Å². The van der Waals surface area contributed by atoms with Gasteiger partial charge in [0.1, 0.15) is 17.7 Å². The first-order chi connectivity index (χ1) is 15.5. The topological polar surface area (TPSA) is 56.1 Å². The van der Waals surface area contributed by atoms with E-state index in [4.69, 9.17) is 4.74 Å². The molecule has 0 aliphatic rings. The third-order valence-electron chi connectivity index (χ3n) is 5.32. The molecule has 0 saturated carbocycles. The van der Waals surface area contributed by atoms with E-state index in [9.17, 15) is 9.18 Å². The zero-order chi connectivity index (χ0) is 22.5. The van der Waals surface area contributed by atoms with Crippen molar-refractivity contribution in [1.82, 2.24) is 15.1 Å². The summed E-state index contributed by atoms with van der Waals surface area (Å²) in [5, 5.41) is 8.41. The number of nitrogens with zero attached hydrogens (tertiary/aromatic N) is 2. The van der Waals surface area contributed by atoms with E-state index >= 15 is 0 Å². The maximum atomic E-state index is 13.3. The quantitative estimate of drug-likeness (QED) is 0.396. The van der Waals surface area contributed by atoms with Crippen LogP contribution in [0.4, 0.5) is 4.39 Å². The smallest absolute Gasteiger partial charge is 0.220 e. The molecule has 6 heteroatoms. The average molecular weight is 432 g/mol. The molecule has 0 aliphatic heterocycles. The molecule has 32 heavy (non-hydrogen) atoms. The third kappa shape index (κ3) is 4.80. The summed E-state index contributed by atoms with van der Waals surface area (Å²) in [4.78, 5) is 12.2. The highest BCUT2D eigenvalue weighted by molar-refractivity contribution is 5.81. The summed E-state index contributed by atoms with van der Waals surface area (Å²) in [6.45, 7) is 3.94. The van der Waals surface area contributed by atoms with Crippen LogP contribution in [0.2, 0.25) is 0 Å². The Kier molecular flexibility index (Phi) is 6.50. The van der Waals surface area contributed by atoms with Gasteiger partial charge in [-0.05, 0) is 61.4 Å². The van der Waals surface area contributed by atoms with E-state index in [0.717, 1.165) is 28.6 Å². The Balaban J connectivity index is 1.61. The van der Waals surface area contributed by atoms with Crippen molar-refractivity contribution in [1.29, 1.82) is 0 Å². The summed E-state index contributed by atoms with van der Waals surface area (Å²) in [7, 11) is 0. The Morgan fingerprint density at radius 2 is 1.84 bits per heavy atom. The fourth-order valence-electron chi connectivity index (χ4n) is 3.75. The SMILES string of the molecule is CCCC(=O)NC(C)C(Oc1ccc2c(cnn2-c2ccc(F)cc2)c1)c1ccccc1. The van der Waals surface area contributed by atoms with Crippen LogP contribution in [0.15, 0.2) is 79.0 Å². The van der Waals surface area contributed by atoms with Crippen LogP contribution in [0.25, 0.3) is 16.6 Å². The van der Waals surface area contributed by atoms with Crippen LogP contribution in [-0.4, -0.2) is 21.7 Å². The monoisotopic (exact) mass is 431 g/mol. The molecule has 5 nitrogen and oxygen atoms in total. The molecule has 0 fully saturated rings. The number of aromatic nitrogens is 2. The van der Waals surface area contributed by atoms with Gasteiger partial charge in [0, 0.05) is 11.8 Å². The second-order valence-corrected chi connectivity index (χ2v) is 7.81. The van der Waals surface area contributed by atoms with Gasteiger partial charge in [-0.25, -0.2) is 9.07 Å². The summed E-state index contributed by atoms with van der Waals surface area (Å²) in [6, 6.07) is 21.6. The number of benzene rings is 3. The van der Waals surface area contributed by atoms with Crippen LogP contribution in [0.3, 0.4) is 0 Å². The van der Waals surface area contributed by atoms with Crippen molar-refractivity contribution in [2.45, 2.75) is 38.8 Å². The summed E-state index contributed by atoms with van der Waals surface area (Å²) >= 11 is 0. The van der Waals surface area contributed by atoms with E-state index in [1.165, 1.54) is 12.1 Å². The lowest BCUT2D eigenvalue weighted by atomic mass is 10.0. The van der Waals surface area contributed by atoms with Crippen molar-refractivity contribution in [3.05, 3.63) is 90.4 Å². The molecule has 1 aromatic heterocycles. The first-order valence-electron chi connectivity index (χ1n) is 10.8. The van der Waals surface area contributed by atoms with E-state index in [0.29, 0.717) is 12.2 Å². The van der Waals surface area contributed by atoms with Crippen LogP contribution in [0.5, 0.6) is 5.75 Å². The van der Waals surface area contributed by atoms with Crippen LogP contribution in [0.1, 0.15) is 38.4 Å². The van der Waals surface area contributed by atoms with E-state index in [1.807, 2.05) is 62.4 Å². The summed E-state index contributed by atoms with van der Waals surface area (Å²) < 4.78 is 21.4. The van der Waals surface area contributed by atoms with Crippen LogP contribution in [0, 0.1) is 5.82 Å². The molecule has 1 heterocycles. The predicted octanol–water partition coefficient (Wildman–Crippen LogP) is 5.59. The lowest BCUT2D eigenvalue weighted by Crippen LogP contribution is -2.39. The third-order valence-corrected chi connectivity index (χ3v) is 5.32. The number of halogens is 1. The summed E-state index contributed by atoms with van der Waals surface area (Å²) in [6.07, 6.45) is 2.70. The van der Waals surface area contributed by atoms with Crippen LogP contribution in [-0.2, 0) is 4.79 Å². The summed E-state index contributed by atoms with van der Waals surface area (Å²) in [5.41, 5.74) is 2.66. The second-order valence-electron chi connectivity index (χ2n) is 7.81. The van der Waals surface area contributed by atoms with Crippen molar-refractivity contribution >= 4 is 16.8 Å². The normalized spacial score (nSPS) is 13.0. The Labute approximate surface area is 186 Å². The minimum Gasteiger partial charge on any atom is -0.484 e. The van der Waals surface area contributed by atoms with Gasteiger partial charge in [0.15, 0.2) is 0 Å². The highest BCUT2D eigenvalue weighted by Gasteiger charge is 2.23. The number of rotatable bonds is 8. The molecule has 2 atom stereocenters. The number of nitrogens with one attached hydrogen (secondary N) is 1. The zero-order valence-electron chi connectivity index (χ0n) is 18.2. The molecule has 0 saturated heterocycles. The molecule has 0 radical (unpaired) electrons. The van der Waals surface area contributed by atoms with Crippen molar-refractivity contribution in [3.8, 4) is 11.4 Å². The molecule has 164 valence electrons. The fraction of sp³-hybridized carbons (Fsp3) is 0.231. The zero-order valence-corrected chi connectivity index (χ0v) is 18.2. The molecule has 0 bridgehead atoms. The molecule has 0 aliphatic carbocycles. The van der Waals surface area contributed by atoms with Gasteiger partial charge in [0.05, 0.1) is 23.4 Å². The molecule has 1 amide bonds. The van der Waals surface area contributed by atoms with Crippen molar-refractivity contribution in [2.75, 3.05) is 0 Å². The van der Waals surface area contributed by atoms with Gasteiger partial charge in [-0.3, -0.25) is 4.79 Å². The Bertz CT molecular complexity index is 1190. The molecule has 1 N–H and O–H groups in total. The Morgan fingerprint density at radius 3 is 2.56 bits per heavy atom. The number of carbonyl (C=O) groups is 1. The van der Waals surface area contributed by atoms with E-state index in [1.54, 1.807) is 23.0 Å². The van der Waals surface area contributed by atoms with Crippen molar-refractivity contribution in [3.63, 3.8) is 0 Å². The predicted molar refractivity (Wildman–Crippen MR) is 123 cm³/mol. The molecule has 4 aromatic rings. The molecule has 2 unspecified atom stereocenters. The van der Waals surface area contributed by atoms with Crippen LogP contribution < -0.4 is 10.1 Å². The van der Waals surface area contributed by atoms with Gasteiger partial charge in [0.25, 0.3) is 0 Å². The molecule has 4 rings (SSSR count). The number of carbonyl (C=O) groups excluding carboxylic acids is 1. The highest BCUT2D eigenvalue weighted by atomic mass is 19.1. The summed E-state index contributed by atoms with van der Waals surface area (Å²) in [5.74, 6) is 0.412. The standard InChI is InChI=1S/C26H26FN3O2/c1-3-7-25(31)29-18(2)26(19-8-5-4-6-9-19)32-23-14-15-24-20(16-23)17-28-30(24)22-12-10-21(27)11-13-22/h4-6,8-18,26H,3,7H2,1-2H3,(H,29,31). The molecular formula is C26H26FN3O2. The number of hydrogen-bond acceptors (Lipinski definition) is 3. The fourth-order valence-corrected chi connectivity index (χ4v) is 3.75. The Morgan fingerprint density at radius 1 is 1.09 bits per heavy atom. The van der Waals surface area contributed by atoms with Gasteiger partial charge < -0.3 is 10.1 Å².